The minimum Gasteiger partial charge on any atom is -0.402 e. The molecule has 0 aromatic carbocycles. The molecule has 0 fully saturated rings. The Morgan fingerprint density at radius 1 is 1.07 bits per heavy atom. The summed E-state index contributed by atoms with van der Waals surface area (Å²) in [7, 11) is 0. The summed E-state index contributed by atoms with van der Waals surface area (Å²) in [6.45, 7) is 2.63. The van der Waals surface area contributed by atoms with Crippen molar-refractivity contribution >= 4 is 5.78 Å². The number of allylic oxidation sites excluding steroid dienone is 2. The minimum absolute atomic E-state index is 0.0421. The zero-order valence-electron chi connectivity index (χ0n) is 14.5. The van der Waals surface area contributed by atoms with Crippen molar-refractivity contribution in [3.8, 4) is 0 Å². The van der Waals surface area contributed by atoms with Crippen LogP contribution in [-0.2, 0) is 18.5 Å². The molecule has 0 amide bonds. The Bertz CT molecular complexity index is 776. The third-order valence-corrected chi connectivity index (χ3v) is 3.55. The van der Waals surface area contributed by atoms with Crippen LogP contribution in [0.1, 0.15) is 53.9 Å². The predicted octanol–water partition coefficient (Wildman–Crippen LogP) is 5.28. The summed E-state index contributed by atoms with van der Waals surface area (Å²) in [5.74, 6) is -10.4. The average molecular weight is 422 g/mol. The Labute approximate surface area is 153 Å². The molecule has 0 spiro atoms. The molecule has 3 nitrogen and oxygen atoms in total. The van der Waals surface area contributed by atoms with Gasteiger partial charge >= 0.3 is 18.3 Å². The number of rotatable bonds is 6. The number of pyridine rings is 1. The van der Waals surface area contributed by atoms with Gasteiger partial charge in [0.05, 0.1) is 16.8 Å². The van der Waals surface area contributed by atoms with Crippen LogP contribution in [-0.4, -0.2) is 16.9 Å². The number of aromatic nitrogens is 1. The van der Waals surface area contributed by atoms with Crippen LogP contribution in [0.15, 0.2) is 11.8 Å². The average Bonchev–Trinajstić information content (AvgIpc) is 2.48. The van der Waals surface area contributed by atoms with Crippen molar-refractivity contribution in [1.82, 2.24) is 4.98 Å². The molecule has 1 rings (SSSR count). The van der Waals surface area contributed by atoms with Gasteiger partial charge in [-0.25, -0.2) is 4.98 Å². The van der Waals surface area contributed by atoms with E-state index in [0.29, 0.717) is 12.5 Å². The van der Waals surface area contributed by atoms with E-state index in [1.54, 1.807) is 6.92 Å². The van der Waals surface area contributed by atoms with Gasteiger partial charge in [0, 0.05) is 11.8 Å². The molecular formula is C16H15F9N2O. The maximum absolute atomic E-state index is 14.1. The van der Waals surface area contributed by atoms with Crippen molar-refractivity contribution in [1.29, 1.82) is 0 Å². The monoisotopic (exact) mass is 422 g/mol. The first-order valence-electron chi connectivity index (χ1n) is 7.78. The molecular weight excluding hydrogens is 407 g/mol. The van der Waals surface area contributed by atoms with Gasteiger partial charge in [-0.1, -0.05) is 13.3 Å². The maximum atomic E-state index is 14.1. The van der Waals surface area contributed by atoms with Gasteiger partial charge < -0.3 is 5.73 Å². The SMILES string of the molecule is CCCCc1nc(F)c(C(F)(F)F)c(C(F)(F)C(F)(F)F)c1C(=O)/C=C(/C)N. The molecule has 0 radical (unpaired) electrons. The number of nitrogens with zero attached hydrogens (tertiary/aromatic N) is 1. The van der Waals surface area contributed by atoms with Crippen LogP contribution in [0.25, 0.3) is 0 Å². The molecule has 0 saturated heterocycles. The summed E-state index contributed by atoms with van der Waals surface area (Å²) in [6, 6.07) is 0. The van der Waals surface area contributed by atoms with Crippen LogP contribution in [0.5, 0.6) is 0 Å². The molecule has 12 heteroatoms. The topological polar surface area (TPSA) is 56.0 Å². The summed E-state index contributed by atoms with van der Waals surface area (Å²) >= 11 is 0. The highest BCUT2D eigenvalue weighted by atomic mass is 19.4. The number of nitrogens with two attached hydrogens (primary N) is 1. The van der Waals surface area contributed by atoms with Crippen molar-refractivity contribution in [2.45, 2.75) is 51.4 Å². The molecule has 0 saturated carbocycles. The molecule has 2 N–H and O–H groups in total. The number of ketones is 1. The number of unbranched alkanes of at least 4 members (excludes halogenated alkanes) is 1. The van der Waals surface area contributed by atoms with Crippen LogP contribution < -0.4 is 5.73 Å². The van der Waals surface area contributed by atoms with Gasteiger partial charge in [-0.05, 0) is 19.8 Å². The highest BCUT2D eigenvalue weighted by molar-refractivity contribution is 6.07. The molecule has 0 bridgehead atoms. The van der Waals surface area contributed by atoms with Gasteiger partial charge in [0.15, 0.2) is 5.78 Å². The van der Waals surface area contributed by atoms with Crippen LogP contribution in [0.3, 0.4) is 0 Å². The molecule has 0 aliphatic carbocycles. The van der Waals surface area contributed by atoms with Gasteiger partial charge in [0.1, 0.15) is 5.56 Å². The van der Waals surface area contributed by atoms with Gasteiger partial charge in [-0.15, -0.1) is 0 Å². The predicted molar refractivity (Wildman–Crippen MR) is 80.0 cm³/mol. The standard InChI is InChI=1S/C16H15F9N2O/c1-3-4-5-8-10(9(28)6-7(2)26)11(14(18,19)16(23,24)25)12(13(17)27-8)15(20,21)22/h6H,3-5,26H2,1-2H3/b7-6-. The molecule has 0 unspecified atom stereocenters. The molecule has 0 atom stereocenters. The van der Waals surface area contributed by atoms with Crippen LogP contribution >= 0.6 is 0 Å². The normalized spacial score (nSPS) is 13.8. The Morgan fingerprint density at radius 2 is 1.61 bits per heavy atom. The van der Waals surface area contributed by atoms with E-state index >= 15 is 0 Å². The lowest BCUT2D eigenvalue weighted by atomic mass is 9.90. The highest BCUT2D eigenvalue weighted by Crippen LogP contribution is 2.50. The Morgan fingerprint density at radius 3 is 2.00 bits per heavy atom. The Balaban J connectivity index is 4.15. The van der Waals surface area contributed by atoms with Crippen molar-refractivity contribution in [3.63, 3.8) is 0 Å². The molecule has 1 aromatic rings. The number of aryl methyl sites for hydroxylation is 1. The highest BCUT2D eigenvalue weighted by Gasteiger charge is 2.63. The maximum Gasteiger partial charge on any atom is 0.458 e. The fourth-order valence-electron chi connectivity index (χ4n) is 2.39. The van der Waals surface area contributed by atoms with Crippen LogP contribution in [0.2, 0.25) is 0 Å². The lowest BCUT2D eigenvalue weighted by Gasteiger charge is -2.26. The van der Waals surface area contributed by atoms with E-state index in [4.69, 9.17) is 5.73 Å². The van der Waals surface area contributed by atoms with Gasteiger partial charge in [-0.3, -0.25) is 4.79 Å². The zero-order chi connectivity index (χ0) is 22.1. The summed E-state index contributed by atoms with van der Waals surface area (Å²) in [5.41, 5.74) is -3.53. The summed E-state index contributed by atoms with van der Waals surface area (Å²) in [5, 5.41) is 0. The lowest BCUT2D eigenvalue weighted by Crippen LogP contribution is -2.38. The number of carbonyl (C=O) groups is 1. The van der Waals surface area contributed by atoms with E-state index in [1.165, 1.54) is 0 Å². The molecule has 1 aromatic heterocycles. The number of alkyl halides is 8. The molecule has 28 heavy (non-hydrogen) atoms. The fraction of sp³-hybridized carbons (Fsp3) is 0.500. The largest absolute Gasteiger partial charge is 0.458 e. The quantitative estimate of drug-likeness (QED) is 0.294. The third kappa shape index (κ3) is 4.76. The van der Waals surface area contributed by atoms with Crippen molar-refractivity contribution in [2.75, 3.05) is 0 Å². The molecule has 0 aliphatic heterocycles. The van der Waals surface area contributed by atoms with E-state index in [0.717, 1.165) is 6.92 Å². The van der Waals surface area contributed by atoms with E-state index in [9.17, 15) is 44.3 Å². The second-order valence-electron chi connectivity index (χ2n) is 5.90. The third-order valence-electron chi connectivity index (χ3n) is 3.55. The van der Waals surface area contributed by atoms with Gasteiger partial charge in [0.25, 0.3) is 0 Å². The zero-order valence-corrected chi connectivity index (χ0v) is 14.5. The van der Waals surface area contributed by atoms with Crippen molar-refractivity contribution < 1.29 is 44.3 Å². The second kappa shape index (κ2) is 8.00. The fourth-order valence-corrected chi connectivity index (χ4v) is 2.39. The second-order valence-corrected chi connectivity index (χ2v) is 5.90. The number of carbonyl (C=O) groups excluding carboxylic acids is 1. The summed E-state index contributed by atoms with van der Waals surface area (Å²) < 4.78 is 120. The number of hydrogen-bond acceptors (Lipinski definition) is 3. The molecule has 1 heterocycles. The van der Waals surface area contributed by atoms with E-state index in [-0.39, 0.29) is 12.1 Å². The summed E-state index contributed by atoms with van der Waals surface area (Å²) in [6.07, 6.45) is -12.3. The van der Waals surface area contributed by atoms with E-state index in [2.05, 4.69) is 4.98 Å². The summed E-state index contributed by atoms with van der Waals surface area (Å²) in [4.78, 5) is 15.1. The van der Waals surface area contributed by atoms with Gasteiger partial charge in [-0.2, -0.15) is 39.5 Å². The van der Waals surface area contributed by atoms with Crippen molar-refractivity contribution in [3.05, 3.63) is 40.1 Å². The first-order chi connectivity index (χ1) is 12.6. The Kier molecular flexibility index (Phi) is 6.79. The number of hydrogen-bond donors (Lipinski definition) is 1. The first-order valence-corrected chi connectivity index (χ1v) is 7.78. The molecule has 158 valence electrons. The number of halogens is 9. The van der Waals surface area contributed by atoms with E-state index in [1.807, 2.05) is 0 Å². The molecule has 0 aliphatic rings. The minimum atomic E-state index is -6.53. The van der Waals surface area contributed by atoms with Crippen LogP contribution in [0, 0.1) is 5.95 Å². The smallest absolute Gasteiger partial charge is 0.402 e. The first kappa shape index (κ1) is 23.8. The van der Waals surface area contributed by atoms with Gasteiger partial charge in [0.2, 0.25) is 5.95 Å². The Hall–Kier alpha value is -2.27. The lowest BCUT2D eigenvalue weighted by molar-refractivity contribution is -0.291. The van der Waals surface area contributed by atoms with Crippen molar-refractivity contribution in [2.24, 2.45) is 5.73 Å². The van der Waals surface area contributed by atoms with Crippen LogP contribution in [0.4, 0.5) is 39.5 Å². The van der Waals surface area contributed by atoms with E-state index < -0.39 is 58.8 Å².